The molecule has 0 saturated heterocycles. The average molecular weight is 221 g/mol. The molecule has 1 aliphatic rings. The fraction of sp³-hybridized carbons (Fsp3) is 0.571. The number of nitrogens with two attached hydrogens (primary N) is 1. The van der Waals surface area contributed by atoms with Gasteiger partial charge < -0.3 is 5.73 Å². The van der Waals surface area contributed by atoms with Crippen LogP contribution in [0.25, 0.3) is 0 Å². The van der Waals surface area contributed by atoms with E-state index in [1.54, 1.807) is 6.92 Å². The molecule has 1 nitrogen and oxygen atoms in total. The highest BCUT2D eigenvalue weighted by atomic mass is 19.1. The van der Waals surface area contributed by atoms with Gasteiger partial charge in [0, 0.05) is 18.4 Å². The Morgan fingerprint density at radius 1 is 1.44 bits per heavy atom. The molecule has 2 N–H and O–H groups in total. The minimum Gasteiger partial charge on any atom is -0.330 e. The van der Waals surface area contributed by atoms with Gasteiger partial charge in [0.05, 0.1) is 0 Å². The smallest absolute Gasteiger partial charge is 0.101 e. The van der Waals surface area contributed by atoms with E-state index in [2.05, 4.69) is 12.1 Å². The fourth-order valence-electron chi connectivity index (χ4n) is 2.57. The Labute approximate surface area is 96.9 Å². The van der Waals surface area contributed by atoms with Crippen LogP contribution >= 0.6 is 0 Å². The van der Waals surface area contributed by atoms with Crippen molar-refractivity contribution in [2.24, 2.45) is 5.73 Å². The number of alkyl halides is 1. The van der Waals surface area contributed by atoms with Crippen LogP contribution in [0.2, 0.25) is 0 Å². The third-order valence-electron chi connectivity index (χ3n) is 3.76. The SMILES string of the molecule is CC(F)Cc1cccc(C2(CN)CCC2)c1. The lowest BCUT2D eigenvalue weighted by atomic mass is 9.64. The van der Waals surface area contributed by atoms with Gasteiger partial charge in [-0.1, -0.05) is 30.7 Å². The predicted molar refractivity (Wildman–Crippen MR) is 65.3 cm³/mol. The molecular weight excluding hydrogens is 201 g/mol. The lowest BCUT2D eigenvalue weighted by molar-refractivity contribution is 0.252. The zero-order valence-corrected chi connectivity index (χ0v) is 9.88. The van der Waals surface area contributed by atoms with Crippen molar-refractivity contribution in [2.75, 3.05) is 6.54 Å². The van der Waals surface area contributed by atoms with Gasteiger partial charge in [0.25, 0.3) is 0 Å². The van der Waals surface area contributed by atoms with Crippen molar-refractivity contribution in [1.29, 1.82) is 0 Å². The van der Waals surface area contributed by atoms with E-state index in [0.717, 1.165) is 5.56 Å². The van der Waals surface area contributed by atoms with Crippen LogP contribution in [0.4, 0.5) is 4.39 Å². The Morgan fingerprint density at radius 2 is 2.19 bits per heavy atom. The number of benzene rings is 1. The largest absolute Gasteiger partial charge is 0.330 e. The number of rotatable bonds is 4. The summed E-state index contributed by atoms with van der Waals surface area (Å²) in [5.74, 6) is 0. The van der Waals surface area contributed by atoms with Crippen molar-refractivity contribution < 1.29 is 4.39 Å². The first-order chi connectivity index (χ1) is 7.66. The van der Waals surface area contributed by atoms with E-state index in [1.807, 2.05) is 12.1 Å². The number of halogens is 1. The van der Waals surface area contributed by atoms with Crippen LogP contribution in [0.5, 0.6) is 0 Å². The van der Waals surface area contributed by atoms with Gasteiger partial charge in [0.2, 0.25) is 0 Å². The monoisotopic (exact) mass is 221 g/mol. The summed E-state index contributed by atoms with van der Waals surface area (Å²) in [6.07, 6.45) is 3.36. The fourth-order valence-corrected chi connectivity index (χ4v) is 2.57. The summed E-state index contributed by atoms with van der Waals surface area (Å²) >= 11 is 0. The Kier molecular flexibility index (Phi) is 3.29. The molecule has 0 aromatic heterocycles. The zero-order chi connectivity index (χ0) is 11.6. The highest BCUT2D eigenvalue weighted by Crippen LogP contribution is 2.42. The first-order valence-electron chi connectivity index (χ1n) is 6.10. The van der Waals surface area contributed by atoms with Crippen molar-refractivity contribution in [1.82, 2.24) is 0 Å². The van der Waals surface area contributed by atoms with Gasteiger partial charge in [-0.15, -0.1) is 0 Å². The molecule has 1 fully saturated rings. The second kappa shape index (κ2) is 4.54. The first-order valence-corrected chi connectivity index (χ1v) is 6.10. The molecule has 0 radical (unpaired) electrons. The predicted octanol–water partition coefficient (Wildman–Crippen LogP) is 2.97. The maximum atomic E-state index is 13.0. The van der Waals surface area contributed by atoms with E-state index in [0.29, 0.717) is 13.0 Å². The first kappa shape index (κ1) is 11.6. The van der Waals surface area contributed by atoms with Crippen molar-refractivity contribution in [3.63, 3.8) is 0 Å². The summed E-state index contributed by atoms with van der Waals surface area (Å²) in [5.41, 5.74) is 8.46. The Balaban J connectivity index is 2.21. The van der Waals surface area contributed by atoms with E-state index >= 15 is 0 Å². The molecule has 1 aromatic carbocycles. The summed E-state index contributed by atoms with van der Waals surface area (Å²) in [6, 6.07) is 8.31. The molecule has 0 spiro atoms. The van der Waals surface area contributed by atoms with Gasteiger partial charge in [-0.05, 0) is 30.9 Å². The molecule has 2 rings (SSSR count). The maximum absolute atomic E-state index is 13.0. The molecule has 0 bridgehead atoms. The van der Waals surface area contributed by atoms with Gasteiger partial charge in [0.1, 0.15) is 6.17 Å². The van der Waals surface area contributed by atoms with Crippen LogP contribution in [-0.4, -0.2) is 12.7 Å². The highest BCUT2D eigenvalue weighted by molar-refractivity contribution is 5.33. The number of hydrogen-bond acceptors (Lipinski definition) is 1. The lowest BCUT2D eigenvalue weighted by Gasteiger charge is -2.41. The quantitative estimate of drug-likeness (QED) is 0.831. The summed E-state index contributed by atoms with van der Waals surface area (Å²) in [6.45, 7) is 2.32. The van der Waals surface area contributed by atoms with E-state index in [4.69, 9.17) is 5.73 Å². The van der Waals surface area contributed by atoms with Gasteiger partial charge in [0.15, 0.2) is 0 Å². The molecule has 0 amide bonds. The van der Waals surface area contributed by atoms with Crippen molar-refractivity contribution in [3.05, 3.63) is 35.4 Å². The van der Waals surface area contributed by atoms with Crippen molar-refractivity contribution in [3.8, 4) is 0 Å². The topological polar surface area (TPSA) is 26.0 Å². The van der Waals surface area contributed by atoms with Crippen LogP contribution < -0.4 is 5.73 Å². The van der Waals surface area contributed by atoms with Crippen LogP contribution in [0, 0.1) is 0 Å². The lowest BCUT2D eigenvalue weighted by Crippen LogP contribution is -2.41. The highest BCUT2D eigenvalue weighted by Gasteiger charge is 2.37. The molecule has 16 heavy (non-hydrogen) atoms. The maximum Gasteiger partial charge on any atom is 0.101 e. The van der Waals surface area contributed by atoms with E-state index in [-0.39, 0.29) is 5.41 Å². The van der Waals surface area contributed by atoms with Crippen LogP contribution in [0.15, 0.2) is 24.3 Å². The molecular formula is C14H20FN. The summed E-state index contributed by atoms with van der Waals surface area (Å²) in [4.78, 5) is 0. The number of hydrogen-bond donors (Lipinski definition) is 1. The van der Waals surface area contributed by atoms with Crippen LogP contribution in [0.1, 0.15) is 37.3 Å². The van der Waals surface area contributed by atoms with Gasteiger partial charge >= 0.3 is 0 Å². The molecule has 2 heteroatoms. The second-order valence-electron chi connectivity index (χ2n) is 5.02. The summed E-state index contributed by atoms with van der Waals surface area (Å²) < 4.78 is 13.0. The third-order valence-corrected chi connectivity index (χ3v) is 3.76. The standard InChI is InChI=1S/C14H20FN/c1-11(15)8-12-4-2-5-13(9-12)14(10-16)6-3-7-14/h2,4-5,9,11H,3,6-8,10,16H2,1H3. The second-order valence-corrected chi connectivity index (χ2v) is 5.02. The molecule has 1 aromatic rings. The Bertz CT molecular complexity index is 350. The van der Waals surface area contributed by atoms with Crippen molar-refractivity contribution >= 4 is 0 Å². The van der Waals surface area contributed by atoms with Gasteiger partial charge in [-0.25, -0.2) is 4.39 Å². The van der Waals surface area contributed by atoms with E-state index < -0.39 is 6.17 Å². The molecule has 1 atom stereocenters. The zero-order valence-electron chi connectivity index (χ0n) is 9.88. The van der Waals surface area contributed by atoms with Crippen LogP contribution in [0.3, 0.4) is 0 Å². The molecule has 0 aliphatic heterocycles. The minimum absolute atomic E-state index is 0.190. The molecule has 0 heterocycles. The normalized spacial score (nSPS) is 20.2. The minimum atomic E-state index is -0.773. The van der Waals surface area contributed by atoms with E-state index in [9.17, 15) is 4.39 Å². The Hall–Kier alpha value is -0.890. The molecule has 1 saturated carbocycles. The van der Waals surface area contributed by atoms with Crippen LogP contribution in [-0.2, 0) is 11.8 Å². The average Bonchev–Trinajstić information content (AvgIpc) is 2.16. The third kappa shape index (κ3) is 2.12. The molecule has 1 aliphatic carbocycles. The van der Waals surface area contributed by atoms with Crippen molar-refractivity contribution in [2.45, 2.75) is 44.2 Å². The van der Waals surface area contributed by atoms with Gasteiger partial charge in [-0.2, -0.15) is 0 Å². The summed E-state index contributed by atoms with van der Waals surface area (Å²) in [7, 11) is 0. The van der Waals surface area contributed by atoms with E-state index in [1.165, 1.54) is 24.8 Å². The Morgan fingerprint density at radius 3 is 2.69 bits per heavy atom. The molecule has 1 unspecified atom stereocenters. The van der Waals surface area contributed by atoms with Gasteiger partial charge in [-0.3, -0.25) is 0 Å². The molecule has 88 valence electrons. The summed E-state index contributed by atoms with van der Waals surface area (Å²) in [5, 5.41) is 0.